The lowest BCUT2D eigenvalue weighted by atomic mass is 10.1. The Morgan fingerprint density at radius 3 is 2.88 bits per heavy atom. The Morgan fingerprint density at radius 2 is 2.29 bits per heavy atom. The van der Waals surface area contributed by atoms with Crippen LogP contribution in [0.1, 0.15) is 11.3 Å². The van der Waals surface area contributed by atoms with Crippen molar-refractivity contribution in [2.45, 2.75) is 13.3 Å². The molecule has 0 atom stereocenters. The highest BCUT2D eigenvalue weighted by Crippen LogP contribution is 2.30. The number of aliphatic carboxylic acids is 1. The van der Waals surface area contributed by atoms with Gasteiger partial charge in [0.25, 0.3) is 0 Å². The Labute approximate surface area is 97.8 Å². The number of fused-ring (bicyclic) bond motifs is 1. The van der Waals surface area contributed by atoms with E-state index in [4.69, 9.17) is 9.84 Å². The Hall–Kier alpha value is -2.11. The normalized spacial score (nSPS) is 10.8. The lowest BCUT2D eigenvalue weighted by Crippen LogP contribution is -2.04. The number of aryl methyl sites for hydroxylation is 2. The molecule has 90 valence electrons. The molecule has 2 aromatic rings. The van der Waals surface area contributed by atoms with Crippen molar-refractivity contribution in [2.24, 2.45) is 7.05 Å². The van der Waals surface area contributed by atoms with Gasteiger partial charge < -0.3 is 9.84 Å². The van der Waals surface area contributed by atoms with Crippen LogP contribution >= 0.6 is 0 Å². The summed E-state index contributed by atoms with van der Waals surface area (Å²) in [6, 6.07) is 0. The maximum atomic E-state index is 10.8. The number of hydrogen-bond acceptors (Lipinski definition) is 4. The third-order valence-corrected chi connectivity index (χ3v) is 2.60. The maximum absolute atomic E-state index is 10.8. The van der Waals surface area contributed by atoms with Crippen LogP contribution in [-0.4, -0.2) is 33.0 Å². The van der Waals surface area contributed by atoms with Crippen LogP contribution in [0.25, 0.3) is 11.0 Å². The van der Waals surface area contributed by atoms with Crippen molar-refractivity contribution in [3.63, 3.8) is 0 Å². The van der Waals surface area contributed by atoms with Gasteiger partial charge in [-0.05, 0) is 6.92 Å². The fraction of sp³-hybridized carbons (Fsp3) is 0.364. The molecule has 0 saturated carbocycles. The van der Waals surface area contributed by atoms with Crippen LogP contribution in [0.3, 0.4) is 0 Å². The lowest BCUT2D eigenvalue weighted by Gasteiger charge is -2.07. The minimum absolute atomic E-state index is 0.111. The van der Waals surface area contributed by atoms with E-state index < -0.39 is 5.97 Å². The van der Waals surface area contributed by atoms with Gasteiger partial charge in [0.15, 0.2) is 5.65 Å². The van der Waals surface area contributed by atoms with Crippen molar-refractivity contribution in [1.82, 2.24) is 14.8 Å². The molecular formula is C11H13N3O3. The molecule has 0 bridgehead atoms. The molecule has 1 N–H and O–H groups in total. The van der Waals surface area contributed by atoms with E-state index in [-0.39, 0.29) is 6.42 Å². The van der Waals surface area contributed by atoms with E-state index in [1.807, 2.05) is 6.92 Å². The van der Waals surface area contributed by atoms with E-state index in [0.717, 1.165) is 11.1 Å². The van der Waals surface area contributed by atoms with Crippen molar-refractivity contribution in [3.05, 3.63) is 17.5 Å². The average Bonchev–Trinajstić information content (AvgIpc) is 2.54. The highest BCUT2D eigenvalue weighted by molar-refractivity contribution is 5.87. The molecule has 6 nitrogen and oxygen atoms in total. The molecule has 0 saturated heterocycles. The van der Waals surface area contributed by atoms with Crippen molar-refractivity contribution in [1.29, 1.82) is 0 Å². The predicted molar refractivity (Wildman–Crippen MR) is 61.1 cm³/mol. The first-order valence-corrected chi connectivity index (χ1v) is 5.11. The number of methoxy groups -OCH3 is 1. The van der Waals surface area contributed by atoms with Crippen LogP contribution in [-0.2, 0) is 18.3 Å². The van der Waals surface area contributed by atoms with Crippen LogP contribution in [0.5, 0.6) is 5.75 Å². The van der Waals surface area contributed by atoms with Crippen molar-refractivity contribution >= 4 is 17.0 Å². The van der Waals surface area contributed by atoms with Gasteiger partial charge in [-0.25, -0.2) is 4.98 Å². The molecule has 2 rings (SSSR count). The molecule has 0 aliphatic rings. The summed E-state index contributed by atoms with van der Waals surface area (Å²) in [6.45, 7) is 1.84. The summed E-state index contributed by atoms with van der Waals surface area (Å²) in [5, 5.41) is 13.8. The fourth-order valence-corrected chi connectivity index (χ4v) is 1.94. The number of aromatic nitrogens is 3. The summed E-state index contributed by atoms with van der Waals surface area (Å²) in [4.78, 5) is 15.0. The minimum atomic E-state index is -0.911. The number of rotatable bonds is 3. The summed E-state index contributed by atoms with van der Waals surface area (Å²) in [6.07, 6.45) is 1.41. The third-order valence-electron chi connectivity index (χ3n) is 2.60. The second-order valence-corrected chi connectivity index (χ2v) is 3.79. The molecular weight excluding hydrogens is 222 g/mol. The summed E-state index contributed by atoms with van der Waals surface area (Å²) in [5.41, 5.74) is 2.02. The highest BCUT2D eigenvalue weighted by atomic mass is 16.5. The first-order valence-electron chi connectivity index (χ1n) is 5.11. The standard InChI is InChI=1S/C11H13N3O3/c1-6-9-10(17-3)7(4-8(15)16)5-12-11(9)14(2)13-6/h5H,4H2,1-3H3,(H,15,16). The molecule has 0 unspecified atom stereocenters. The number of carboxylic acids is 1. The molecule has 0 aliphatic heterocycles. The second-order valence-electron chi connectivity index (χ2n) is 3.79. The SMILES string of the molecule is COc1c(CC(=O)O)cnc2c1c(C)nn2C. The van der Waals surface area contributed by atoms with Gasteiger partial charge in [0, 0.05) is 18.8 Å². The van der Waals surface area contributed by atoms with Crippen LogP contribution in [0, 0.1) is 6.92 Å². The molecule has 0 fully saturated rings. The van der Waals surface area contributed by atoms with Crippen LogP contribution < -0.4 is 4.74 Å². The van der Waals surface area contributed by atoms with Gasteiger partial charge in [-0.15, -0.1) is 0 Å². The van der Waals surface area contributed by atoms with Crippen LogP contribution in [0.15, 0.2) is 6.20 Å². The Kier molecular flexibility index (Phi) is 2.71. The van der Waals surface area contributed by atoms with Crippen molar-refractivity contribution in [3.8, 4) is 5.75 Å². The Balaban J connectivity index is 2.72. The summed E-state index contributed by atoms with van der Waals surface area (Å²) in [5.74, 6) is -0.367. The molecule has 6 heteroatoms. The topological polar surface area (TPSA) is 77.2 Å². The maximum Gasteiger partial charge on any atom is 0.308 e. The quantitative estimate of drug-likeness (QED) is 0.855. The predicted octanol–water partition coefficient (Wildman–Crippen LogP) is 0.912. The highest BCUT2D eigenvalue weighted by Gasteiger charge is 2.17. The summed E-state index contributed by atoms with van der Waals surface area (Å²) in [7, 11) is 3.31. The zero-order valence-corrected chi connectivity index (χ0v) is 9.89. The molecule has 2 heterocycles. The number of hydrogen-bond donors (Lipinski definition) is 1. The molecule has 17 heavy (non-hydrogen) atoms. The first-order chi connectivity index (χ1) is 8.04. The van der Waals surface area contributed by atoms with E-state index in [1.54, 1.807) is 11.7 Å². The number of pyridine rings is 1. The number of ether oxygens (including phenoxy) is 1. The lowest BCUT2D eigenvalue weighted by molar-refractivity contribution is -0.136. The smallest absolute Gasteiger partial charge is 0.308 e. The molecule has 0 amide bonds. The van der Waals surface area contributed by atoms with Crippen LogP contribution in [0.2, 0.25) is 0 Å². The first kappa shape index (κ1) is 11.4. The second kappa shape index (κ2) is 4.04. The molecule has 0 aromatic carbocycles. The molecule has 2 aromatic heterocycles. The van der Waals surface area contributed by atoms with E-state index >= 15 is 0 Å². The average molecular weight is 235 g/mol. The number of carboxylic acid groups (broad SMARTS) is 1. The number of nitrogens with zero attached hydrogens (tertiary/aromatic N) is 3. The minimum Gasteiger partial charge on any atom is -0.496 e. The largest absolute Gasteiger partial charge is 0.496 e. The molecule has 0 aliphatic carbocycles. The van der Waals surface area contributed by atoms with Gasteiger partial charge in [0.1, 0.15) is 5.75 Å². The number of carbonyl (C=O) groups is 1. The van der Waals surface area contributed by atoms with E-state index in [2.05, 4.69) is 10.1 Å². The van der Waals surface area contributed by atoms with Crippen molar-refractivity contribution < 1.29 is 14.6 Å². The van der Waals surface area contributed by atoms with Gasteiger partial charge in [0.2, 0.25) is 0 Å². The van der Waals surface area contributed by atoms with Gasteiger partial charge in [-0.2, -0.15) is 5.10 Å². The van der Waals surface area contributed by atoms with E-state index in [1.165, 1.54) is 13.3 Å². The van der Waals surface area contributed by atoms with E-state index in [9.17, 15) is 4.79 Å². The zero-order valence-electron chi connectivity index (χ0n) is 9.89. The summed E-state index contributed by atoms with van der Waals surface area (Å²) >= 11 is 0. The third kappa shape index (κ3) is 1.82. The van der Waals surface area contributed by atoms with E-state index in [0.29, 0.717) is 17.0 Å². The van der Waals surface area contributed by atoms with Crippen molar-refractivity contribution in [2.75, 3.05) is 7.11 Å². The zero-order chi connectivity index (χ0) is 12.6. The monoisotopic (exact) mass is 235 g/mol. The molecule has 0 spiro atoms. The van der Waals surface area contributed by atoms with Gasteiger partial charge in [-0.1, -0.05) is 0 Å². The molecule has 0 radical (unpaired) electrons. The van der Waals surface area contributed by atoms with Gasteiger partial charge in [-0.3, -0.25) is 9.48 Å². The van der Waals surface area contributed by atoms with Gasteiger partial charge >= 0.3 is 5.97 Å². The Bertz CT molecular complexity index is 589. The summed E-state index contributed by atoms with van der Waals surface area (Å²) < 4.78 is 6.95. The fourth-order valence-electron chi connectivity index (χ4n) is 1.94. The Morgan fingerprint density at radius 1 is 1.59 bits per heavy atom. The van der Waals surface area contributed by atoms with Crippen LogP contribution in [0.4, 0.5) is 0 Å². The van der Waals surface area contributed by atoms with Gasteiger partial charge in [0.05, 0.1) is 24.6 Å².